The number of nitrogens with one attached hydrogen (secondary N) is 1. The zero-order chi connectivity index (χ0) is 9.97. The molecule has 0 bridgehead atoms. The first-order chi connectivity index (χ1) is 6.81. The van der Waals surface area contributed by atoms with Crippen LogP contribution in [0.2, 0.25) is 0 Å². The lowest BCUT2D eigenvalue weighted by Crippen LogP contribution is -1.86. The van der Waals surface area contributed by atoms with Gasteiger partial charge < -0.3 is 4.98 Å². The molecule has 3 heteroatoms. The van der Waals surface area contributed by atoms with Crippen molar-refractivity contribution in [1.82, 2.24) is 9.97 Å². The Bertz CT molecular complexity index is 434. The molecule has 0 spiro atoms. The van der Waals surface area contributed by atoms with Crippen molar-refractivity contribution in [3.63, 3.8) is 0 Å². The fraction of sp³-hybridized carbons (Fsp3) is 0.182. The number of nitrogens with zero attached hydrogens (tertiary/aromatic N) is 1. The van der Waals surface area contributed by atoms with Crippen LogP contribution >= 0.6 is 0 Å². The van der Waals surface area contributed by atoms with Gasteiger partial charge in [-0.15, -0.1) is 0 Å². The number of aromatic nitrogens is 2. The summed E-state index contributed by atoms with van der Waals surface area (Å²) in [5, 5.41) is 0. The van der Waals surface area contributed by atoms with Crippen LogP contribution in [0, 0.1) is 5.82 Å². The van der Waals surface area contributed by atoms with Gasteiger partial charge in [-0.1, -0.05) is 19.1 Å². The van der Waals surface area contributed by atoms with Crippen molar-refractivity contribution in [2.45, 2.75) is 13.3 Å². The number of hydrogen-bond acceptors (Lipinski definition) is 1. The Morgan fingerprint density at radius 3 is 2.79 bits per heavy atom. The molecular formula is C11H11FN2. The number of H-pyrrole nitrogens is 1. The molecule has 72 valence electrons. The largest absolute Gasteiger partial charge is 0.344 e. The minimum absolute atomic E-state index is 0.246. The van der Waals surface area contributed by atoms with Crippen molar-refractivity contribution in [3.05, 3.63) is 42.0 Å². The number of hydrogen-bond donors (Lipinski definition) is 1. The SMILES string of the molecule is CCc1c[nH]c(-c2ccccc2F)n1. The highest BCUT2D eigenvalue weighted by Gasteiger charge is 2.06. The van der Waals surface area contributed by atoms with Gasteiger partial charge in [0.2, 0.25) is 0 Å². The van der Waals surface area contributed by atoms with E-state index in [1.165, 1.54) is 6.07 Å². The number of aromatic amines is 1. The summed E-state index contributed by atoms with van der Waals surface area (Å²) >= 11 is 0. The average Bonchev–Trinajstić information content (AvgIpc) is 2.67. The van der Waals surface area contributed by atoms with Gasteiger partial charge in [-0.3, -0.25) is 0 Å². The highest BCUT2D eigenvalue weighted by molar-refractivity contribution is 5.55. The lowest BCUT2D eigenvalue weighted by molar-refractivity contribution is 0.630. The molecule has 0 aliphatic heterocycles. The molecule has 2 aromatic rings. The molecular weight excluding hydrogens is 179 g/mol. The Morgan fingerprint density at radius 2 is 2.14 bits per heavy atom. The van der Waals surface area contributed by atoms with Crippen LogP contribution in [-0.4, -0.2) is 9.97 Å². The van der Waals surface area contributed by atoms with Crippen molar-refractivity contribution in [2.24, 2.45) is 0 Å². The zero-order valence-corrected chi connectivity index (χ0v) is 7.92. The van der Waals surface area contributed by atoms with E-state index in [4.69, 9.17) is 0 Å². The summed E-state index contributed by atoms with van der Waals surface area (Å²) in [5.41, 5.74) is 1.47. The predicted molar refractivity (Wildman–Crippen MR) is 53.4 cm³/mol. The number of aryl methyl sites for hydroxylation is 1. The molecule has 0 atom stereocenters. The van der Waals surface area contributed by atoms with E-state index in [-0.39, 0.29) is 5.82 Å². The highest BCUT2D eigenvalue weighted by atomic mass is 19.1. The molecule has 0 aliphatic carbocycles. The average molecular weight is 190 g/mol. The summed E-state index contributed by atoms with van der Waals surface area (Å²) in [6, 6.07) is 6.62. The Balaban J connectivity index is 2.44. The molecule has 0 saturated carbocycles. The zero-order valence-electron chi connectivity index (χ0n) is 7.92. The smallest absolute Gasteiger partial charge is 0.140 e. The fourth-order valence-electron chi connectivity index (χ4n) is 1.33. The second-order valence-electron chi connectivity index (χ2n) is 3.07. The first kappa shape index (κ1) is 8.94. The second-order valence-corrected chi connectivity index (χ2v) is 3.07. The van der Waals surface area contributed by atoms with Gasteiger partial charge >= 0.3 is 0 Å². The van der Waals surface area contributed by atoms with E-state index in [2.05, 4.69) is 9.97 Å². The van der Waals surface area contributed by atoms with Crippen molar-refractivity contribution in [2.75, 3.05) is 0 Å². The molecule has 1 N–H and O–H groups in total. The molecule has 0 unspecified atom stereocenters. The van der Waals surface area contributed by atoms with E-state index >= 15 is 0 Å². The highest BCUT2D eigenvalue weighted by Crippen LogP contribution is 2.18. The molecule has 0 fully saturated rings. The van der Waals surface area contributed by atoms with E-state index in [9.17, 15) is 4.39 Å². The molecule has 0 aliphatic rings. The minimum atomic E-state index is -0.246. The van der Waals surface area contributed by atoms with E-state index in [0.717, 1.165) is 12.1 Å². The standard InChI is InChI=1S/C11H11FN2/c1-2-8-7-13-11(14-8)9-5-3-4-6-10(9)12/h3-7H,2H2,1H3,(H,13,14). The van der Waals surface area contributed by atoms with E-state index in [1.807, 2.05) is 13.1 Å². The van der Waals surface area contributed by atoms with E-state index < -0.39 is 0 Å². The Kier molecular flexibility index (Phi) is 2.31. The van der Waals surface area contributed by atoms with Crippen LogP contribution in [0.25, 0.3) is 11.4 Å². The predicted octanol–water partition coefficient (Wildman–Crippen LogP) is 2.78. The maximum atomic E-state index is 13.3. The van der Waals surface area contributed by atoms with Crippen LogP contribution in [0.3, 0.4) is 0 Å². The van der Waals surface area contributed by atoms with Crippen LogP contribution in [0.5, 0.6) is 0 Å². The maximum Gasteiger partial charge on any atom is 0.140 e. The van der Waals surface area contributed by atoms with Crippen LogP contribution in [0.15, 0.2) is 30.5 Å². The quantitative estimate of drug-likeness (QED) is 0.775. The Labute approximate surface area is 81.8 Å². The third-order valence-corrected chi connectivity index (χ3v) is 2.12. The Hall–Kier alpha value is -1.64. The first-order valence-electron chi connectivity index (χ1n) is 4.60. The van der Waals surface area contributed by atoms with Crippen molar-refractivity contribution in [1.29, 1.82) is 0 Å². The topological polar surface area (TPSA) is 28.7 Å². The third-order valence-electron chi connectivity index (χ3n) is 2.12. The molecule has 1 aromatic heterocycles. The molecule has 0 amide bonds. The minimum Gasteiger partial charge on any atom is -0.344 e. The van der Waals surface area contributed by atoms with Gasteiger partial charge in [-0.05, 0) is 18.6 Å². The molecule has 2 nitrogen and oxygen atoms in total. The molecule has 1 aromatic carbocycles. The second kappa shape index (κ2) is 3.62. The van der Waals surface area contributed by atoms with E-state index in [0.29, 0.717) is 11.4 Å². The van der Waals surface area contributed by atoms with Gasteiger partial charge in [-0.2, -0.15) is 0 Å². The summed E-state index contributed by atoms with van der Waals surface area (Å²) in [6.07, 6.45) is 2.66. The lowest BCUT2D eigenvalue weighted by Gasteiger charge is -1.97. The first-order valence-corrected chi connectivity index (χ1v) is 4.60. The van der Waals surface area contributed by atoms with Crippen molar-refractivity contribution >= 4 is 0 Å². The normalized spacial score (nSPS) is 10.4. The summed E-state index contributed by atoms with van der Waals surface area (Å²) in [5.74, 6) is 0.351. The number of rotatable bonds is 2. The van der Waals surface area contributed by atoms with Gasteiger partial charge in [-0.25, -0.2) is 9.37 Å². The van der Waals surface area contributed by atoms with Crippen LogP contribution < -0.4 is 0 Å². The van der Waals surface area contributed by atoms with E-state index in [1.54, 1.807) is 18.2 Å². The summed E-state index contributed by atoms with van der Waals surface area (Å²) in [6.45, 7) is 2.02. The summed E-state index contributed by atoms with van der Waals surface area (Å²) < 4.78 is 13.3. The summed E-state index contributed by atoms with van der Waals surface area (Å²) in [7, 11) is 0. The third kappa shape index (κ3) is 1.53. The van der Waals surface area contributed by atoms with Crippen LogP contribution in [0.4, 0.5) is 4.39 Å². The summed E-state index contributed by atoms with van der Waals surface area (Å²) in [4.78, 5) is 7.23. The number of halogens is 1. The maximum absolute atomic E-state index is 13.3. The molecule has 14 heavy (non-hydrogen) atoms. The van der Waals surface area contributed by atoms with Gasteiger partial charge in [0.25, 0.3) is 0 Å². The molecule has 2 rings (SSSR count). The van der Waals surface area contributed by atoms with Gasteiger partial charge in [0.15, 0.2) is 0 Å². The number of benzene rings is 1. The molecule has 0 saturated heterocycles. The van der Waals surface area contributed by atoms with Gasteiger partial charge in [0.1, 0.15) is 11.6 Å². The van der Waals surface area contributed by atoms with Crippen molar-refractivity contribution in [3.8, 4) is 11.4 Å². The number of imidazole rings is 1. The van der Waals surface area contributed by atoms with Crippen LogP contribution in [-0.2, 0) is 6.42 Å². The Morgan fingerprint density at radius 1 is 1.36 bits per heavy atom. The lowest BCUT2D eigenvalue weighted by atomic mass is 10.2. The van der Waals surface area contributed by atoms with Gasteiger partial charge in [0, 0.05) is 6.20 Å². The monoisotopic (exact) mass is 190 g/mol. The van der Waals surface area contributed by atoms with Crippen LogP contribution in [0.1, 0.15) is 12.6 Å². The van der Waals surface area contributed by atoms with Crippen molar-refractivity contribution < 1.29 is 4.39 Å². The molecule has 1 heterocycles. The fourth-order valence-corrected chi connectivity index (χ4v) is 1.33. The molecule has 0 radical (unpaired) electrons. The van der Waals surface area contributed by atoms with Gasteiger partial charge in [0.05, 0.1) is 11.3 Å².